The molecule has 4 heteroatoms. The molecule has 0 aromatic heterocycles. The van der Waals surface area contributed by atoms with E-state index < -0.39 is 6.09 Å². The first-order valence-electron chi connectivity index (χ1n) is 5.39. The predicted octanol–water partition coefficient (Wildman–Crippen LogP) is 2.17. The Morgan fingerprint density at radius 1 is 1.62 bits per heavy atom. The van der Waals surface area contributed by atoms with Crippen LogP contribution in [0, 0.1) is 5.92 Å². The maximum atomic E-state index is 11.1. The van der Waals surface area contributed by atoms with Crippen molar-refractivity contribution in [3.05, 3.63) is 35.2 Å². The summed E-state index contributed by atoms with van der Waals surface area (Å²) in [7, 11) is 0. The lowest BCUT2D eigenvalue weighted by molar-refractivity contribution is 0.164. The molecule has 1 N–H and O–H groups in total. The van der Waals surface area contributed by atoms with E-state index in [0.717, 1.165) is 29.0 Å². The van der Waals surface area contributed by atoms with Crippen molar-refractivity contribution in [2.45, 2.75) is 13.3 Å². The van der Waals surface area contributed by atoms with Gasteiger partial charge in [0.25, 0.3) is 0 Å². The highest BCUT2D eigenvalue weighted by atomic mass is 16.4. The minimum atomic E-state index is -0.875. The van der Waals surface area contributed by atoms with E-state index in [1.807, 2.05) is 6.08 Å². The second-order valence-corrected chi connectivity index (χ2v) is 4.26. The minimum absolute atomic E-state index is 0.289. The van der Waals surface area contributed by atoms with Gasteiger partial charge in [0.15, 0.2) is 0 Å². The number of likely N-dealkylation sites (tertiary alicyclic amines) is 1. The van der Waals surface area contributed by atoms with Crippen LogP contribution >= 0.6 is 0 Å². The van der Waals surface area contributed by atoms with E-state index in [4.69, 9.17) is 5.11 Å². The fourth-order valence-corrected chi connectivity index (χ4v) is 2.60. The van der Waals surface area contributed by atoms with E-state index in [9.17, 15) is 4.79 Å². The first-order chi connectivity index (χ1) is 7.68. The summed E-state index contributed by atoms with van der Waals surface area (Å²) in [6, 6.07) is 0. The Morgan fingerprint density at radius 3 is 3.19 bits per heavy atom. The Balaban J connectivity index is 2.16. The summed E-state index contributed by atoms with van der Waals surface area (Å²) in [6.07, 6.45) is 5.74. The molecule has 1 saturated heterocycles. The maximum Gasteiger partial charge on any atom is 0.411 e. The van der Waals surface area contributed by atoms with Crippen LogP contribution in [0.2, 0.25) is 0 Å². The number of carboxylic acid groups (broad SMARTS) is 1. The third kappa shape index (κ3) is 1.10. The highest BCUT2D eigenvalue weighted by molar-refractivity contribution is 6.09. The highest BCUT2D eigenvalue weighted by Gasteiger charge is 2.35. The number of fused-ring (bicyclic) bond motifs is 2. The van der Waals surface area contributed by atoms with Crippen LogP contribution in [0.15, 0.2) is 40.2 Å². The Bertz CT molecular complexity index is 497. The summed E-state index contributed by atoms with van der Waals surface area (Å²) in [5.74, 6) is 0.289. The molecule has 1 aliphatic carbocycles. The smallest absolute Gasteiger partial charge is 0.411 e. The van der Waals surface area contributed by atoms with Crippen molar-refractivity contribution in [1.82, 2.24) is 4.90 Å². The largest absolute Gasteiger partial charge is 0.465 e. The highest BCUT2D eigenvalue weighted by Crippen LogP contribution is 2.38. The zero-order valence-electron chi connectivity index (χ0n) is 8.97. The van der Waals surface area contributed by atoms with Crippen LogP contribution in [-0.2, 0) is 0 Å². The molecular formula is C12H12N2O2. The topological polar surface area (TPSA) is 52.9 Å². The summed E-state index contributed by atoms with van der Waals surface area (Å²) in [5, 5.41) is 9.14. The Hall–Kier alpha value is -1.84. The quantitative estimate of drug-likeness (QED) is 0.674. The molecule has 1 fully saturated rings. The molecule has 82 valence electrons. The van der Waals surface area contributed by atoms with Gasteiger partial charge in [-0.3, -0.25) is 9.89 Å². The number of hydrogen-bond donors (Lipinski definition) is 1. The third-order valence-corrected chi connectivity index (χ3v) is 3.28. The van der Waals surface area contributed by atoms with Crippen LogP contribution in [0.4, 0.5) is 4.79 Å². The molecule has 4 nitrogen and oxygen atoms in total. The second kappa shape index (κ2) is 3.07. The number of aliphatic imine (C=N–C) groups is 1. The second-order valence-electron chi connectivity index (χ2n) is 4.26. The molecule has 0 spiro atoms. The van der Waals surface area contributed by atoms with Crippen LogP contribution in [0.25, 0.3) is 0 Å². The number of rotatable bonds is 0. The molecule has 0 saturated carbocycles. The van der Waals surface area contributed by atoms with Gasteiger partial charge in [-0.2, -0.15) is 0 Å². The van der Waals surface area contributed by atoms with Gasteiger partial charge in [-0.15, -0.1) is 0 Å². The lowest BCUT2D eigenvalue weighted by Crippen LogP contribution is -2.28. The van der Waals surface area contributed by atoms with E-state index in [1.54, 1.807) is 6.20 Å². The Morgan fingerprint density at radius 2 is 2.44 bits per heavy atom. The van der Waals surface area contributed by atoms with Crippen LogP contribution in [-0.4, -0.2) is 28.4 Å². The summed E-state index contributed by atoms with van der Waals surface area (Å²) >= 11 is 0. The van der Waals surface area contributed by atoms with Crippen molar-refractivity contribution in [2.75, 3.05) is 6.54 Å². The first kappa shape index (κ1) is 9.39. The zero-order chi connectivity index (χ0) is 11.3. The van der Waals surface area contributed by atoms with Gasteiger partial charge >= 0.3 is 6.09 Å². The number of amides is 1. The molecule has 3 rings (SSSR count). The normalized spacial score (nSPS) is 26.6. The predicted molar refractivity (Wildman–Crippen MR) is 60.2 cm³/mol. The van der Waals surface area contributed by atoms with E-state index in [2.05, 4.69) is 18.0 Å². The van der Waals surface area contributed by atoms with E-state index in [-0.39, 0.29) is 5.92 Å². The monoisotopic (exact) mass is 216 g/mol. The van der Waals surface area contributed by atoms with Crippen molar-refractivity contribution < 1.29 is 9.90 Å². The molecule has 16 heavy (non-hydrogen) atoms. The average molecular weight is 216 g/mol. The lowest BCUT2D eigenvalue weighted by atomic mass is 9.88. The summed E-state index contributed by atoms with van der Waals surface area (Å²) in [4.78, 5) is 16.9. The summed E-state index contributed by atoms with van der Waals surface area (Å²) < 4.78 is 0. The maximum absolute atomic E-state index is 11.1. The molecule has 1 amide bonds. The number of carbonyl (C=O) groups is 1. The molecule has 2 aliphatic heterocycles. The van der Waals surface area contributed by atoms with Crippen LogP contribution in [0.1, 0.15) is 13.3 Å². The lowest BCUT2D eigenvalue weighted by Gasteiger charge is -2.23. The molecule has 1 unspecified atom stereocenters. The van der Waals surface area contributed by atoms with E-state index in [0.29, 0.717) is 6.54 Å². The molecule has 0 aromatic carbocycles. The van der Waals surface area contributed by atoms with E-state index in [1.165, 1.54) is 4.90 Å². The fourth-order valence-electron chi connectivity index (χ4n) is 2.60. The molecule has 3 aliphatic rings. The van der Waals surface area contributed by atoms with Gasteiger partial charge in [0.05, 0.1) is 11.4 Å². The zero-order valence-corrected chi connectivity index (χ0v) is 8.97. The Kier molecular flexibility index (Phi) is 1.80. The number of allylic oxidation sites excluding steroid dienone is 4. The van der Waals surface area contributed by atoms with Gasteiger partial charge < -0.3 is 5.11 Å². The number of nitrogens with zero attached hydrogens (tertiary/aromatic N) is 2. The van der Waals surface area contributed by atoms with Crippen molar-refractivity contribution in [3.63, 3.8) is 0 Å². The standard InChI is InChI=1S/C12H12N2O2/c1-7-6-8-3-5-14(12(15)16)11(8)9-2-4-13-10(7)9/h2,4,6-7H,3,5H2,1H3,(H,15,16). The molecule has 2 heterocycles. The van der Waals surface area contributed by atoms with Gasteiger partial charge in [0, 0.05) is 24.2 Å². The van der Waals surface area contributed by atoms with Crippen LogP contribution in [0.3, 0.4) is 0 Å². The van der Waals surface area contributed by atoms with Crippen molar-refractivity contribution in [3.8, 4) is 0 Å². The van der Waals surface area contributed by atoms with Crippen molar-refractivity contribution >= 4 is 11.8 Å². The van der Waals surface area contributed by atoms with Crippen LogP contribution in [0.5, 0.6) is 0 Å². The van der Waals surface area contributed by atoms with Gasteiger partial charge in [-0.05, 0) is 18.1 Å². The minimum Gasteiger partial charge on any atom is -0.465 e. The van der Waals surface area contributed by atoms with Crippen LogP contribution < -0.4 is 0 Å². The molecule has 0 aromatic rings. The number of hydrogen-bond acceptors (Lipinski definition) is 2. The van der Waals surface area contributed by atoms with Gasteiger partial charge in [0.2, 0.25) is 0 Å². The third-order valence-electron chi connectivity index (χ3n) is 3.28. The molecule has 1 atom stereocenters. The first-order valence-corrected chi connectivity index (χ1v) is 5.39. The molecular weight excluding hydrogens is 204 g/mol. The average Bonchev–Trinajstić information content (AvgIpc) is 2.80. The summed E-state index contributed by atoms with van der Waals surface area (Å²) in [6.45, 7) is 2.66. The molecule has 0 radical (unpaired) electrons. The van der Waals surface area contributed by atoms with Gasteiger partial charge in [-0.25, -0.2) is 4.79 Å². The Labute approximate surface area is 93.3 Å². The summed E-state index contributed by atoms with van der Waals surface area (Å²) in [5.41, 5.74) is 3.98. The van der Waals surface area contributed by atoms with Crippen molar-refractivity contribution in [1.29, 1.82) is 0 Å². The van der Waals surface area contributed by atoms with Gasteiger partial charge in [0.1, 0.15) is 0 Å². The van der Waals surface area contributed by atoms with E-state index >= 15 is 0 Å². The van der Waals surface area contributed by atoms with Crippen molar-refractivity contribution in [2.24, 2.45) is 10.9 Å². The SMILES string of the molecule is CC1C=C2CCN(C(=O)O)C2=C2C=CN=C21. The van der Waals surface area contributed by atoms with Gasteiger partial charge in [-0.1, -0.05) is 13.0 Å². The molecule has 0 bridgehead atoms. The fraction of sp³-hybridized carbons (Fsp3) is 0.333.